The standard InChI is InChI=1S/C18H12Cl2N2O5S/c1-27-16-13(19)6-11(7-14(16)20)8-15-17(23)21(18(24)28-15)9-10-3-2-4-12(5-10)22(25)26/h2-8H,9H2,1H3/b15-8-. The topological polar surface area (TPSA) is 89.8 Å². The van der Waals surface area contributed by atoms with Gasteiger partial charge in [-0.05, 0) is 41.1 Å². The number of nitro groups is 1. The minimum absolute atomic E-state index is 0.0617. The Labute approximate surface area is 174 Å². The van der Waals surface area contributed by atoms with E-state index >= 15 is 0 Å². The average molecular weight is 439 g/mol. The van der Waals surface area contributed by atoms with E-state index in [0.717, 1.165) is 16.7 Å². The Morgan fingerprint density at radius 3 is 2.50 bits per heavy atom. The molecule has 2 amide bonds. The predicted octanol–water partition coefficient (Wildman–Crippen LogP) is 5.15. The van der Waals surface area contributed by atoms with Crippen LogP contribution in [0.3, 0.4) is 0 Å². The molecule has 144 valence electrons. The second kappa shape index (κ2) is 8.22. The van der Waals surface area contributed by atoms with Crippen LogP contribution in [0, 0.1) is 10.1 Å². The number of benzene rings is 2. The first kappa shape index (κ1) is 20.2. The SMILES string of the molecule is COc1c(Cl)cc(/C=C2\SC(=O)N(Cc3cccc([N+](=O)[O-])c3)C2=O)cc1Cl. The molecule has 0 spiro atoms. The van der Waals surface area contributed by atoms with Gasteiger partial charge in [-0.3, -0.25) is 24.6 Å². The molecule has 0 saturated carbocycles. The first-order valence-corrected chi connectivity index (χ1v) is 9.39. The lowest BCUT2D eigenvalue weighted by molar-refractivity contribution is -0.384. The average Bonchev–Trinajstić information content (AvgIpc) is 2.89. The van der Waals surface area contributed by atoms with Gasteiger partial charge in [-0.25, -0.2) is 0 Å². The largest absolute Gasteiger partial charge is 0.494 e. The monoisotopic (exact) mass is 438 g/mol. The van der Waals surface area contributed by atoms with Gasteiger partial charge in [-0.2, -0.15) is 0 Å². The number of carbonyl (C=O) groups excluding carboxylic acids is 2. The molecule has 0 bridgehead atoms. The number of rotatable bonds is 5. The number of nitrogens with zero attached hydrogens (tertiary/aromatic N) is 2. The maximum absolute atomic E-state index is 12.6. The summed E-state index contributed by atoms with van der Waals surface area (Å²) in [6.45, 7) is -0.0617. The fraction of sp³-hybridized carbons (Fsp3) is 0.111. The predicted molar refractivity (Wildman–Crippen MR) is 108 cm³/mol. The van der Waals surface area contributed by atoms with Crippen molar-refractivity contribution in [2.24, 2.45) is 0 Å². The van der Waals surface area contributed by atoms with Crippen molar-refractivity contribution in [3.63, 3.8) is 0 Å². The molecule has 28 heavy (non-hydrogen) atoms. The third kappa shape index (κ3) is 4.14. The third-order valence-electron chi connectivity index (χ3n) is 3.86. The van der Waals surface area contributed by atoms with E-state index < -0.39 is 16.1 Å². The lowest BCUT2D eigenvalue weighted by Gasteiger charge is -2.12. The molecule has 10 heteroatoms. The zero-order chi connectivity index (χ0) is 20.4. The molecule has 2 aromatic rings. The first-order valence-electron chi connectivity index (χ1n) is 7.82. The van der Waals surface area contributed by atoms with Gasteiger partial charge in [0.05, 0.1) is 33.5 Å². The molecule has 1 fully saturated rings. The van der Waals surface area contributed by atoms with Gasteiger partial charge in [-0.15, -0.1) is 0 Å². The van der Waals surface area contributed by atoms with Gasteiger partial charge in [0.1, 0.15) is 0 Å². The molecular weight excluding hydrogens is 427 g/mol. The van der Waals surface area contributed by atoms with Gasteiger partial charge in [0.2, 0.25) is 0 Å². The summed E-state index contributed by atoms with van der Waals surface area (Å²) >= 11 is 13.0. The second-order valence-electron chi connectivity index (χ2n) is 5.71. The molecule has 0 aliphatic carbocycles. The summed E-state index contributed by atoms with van der Waals surface area (Å²) in [5.41, 5.74) is 0.910. The van der Waals surface area contributed by atoms with E-state index in [4.69, 9.17) is 27.9 Å². The molecule has 7 nitrogen and oxygen atoms in total. The fourth-order valence-electron chi connectivity index (χ4n) is 2.60. The quantitative estimate of drug-likeness (QED) is 0.364. The molecule has 0 aromatic heterocycles. The normalized spacial score (nSPS) is 15.4. The van der Waals surface area contributed by atoms with E-state index in [1.54, 1.807) is 18.2 Å². The van der Waals surface area contributed by atoms with Crippen LogP contribution in [0.25, 0.3) is 6.08 Å². The summed E-state index contributed by atoms with van der Waals surface area (Å²) in [6.07, 6.45) is 1.51. The number of non-ortho nitro benzene ring substituents is 1. The van der Waals surface area contributed by atoms with Crippen molar-refractivity contribution in [3.05, 3.63) is 72.6 Å². The molecule has 0 N–H and O–H groups in total. The lowest BCUT2D eigenvalue weighted by Crippen LogP contribution is -2.27. The van der Waals surface area contributed by atoms with Gasteiger partial charge in [0.15, 0.2) is 5.75 Å². The van der Waals surface area contributed by atoms with E-state index in [-0.39, 0.29) is 27.2 Å². The van der Waals surface area contributed by atoms with Crippen LogP contribution in [0.2, 0.25) is 10.0 Å². The number of ether oxygens (including phenoxy) is 1. The first-order chi connectivity index (χ1) is 13.3. The van der Waals surface area contributed by atoms with Crippen molar-refractivity contribution in [1.82, 2.24) is 4.90 Å². The van der Waals surface area contributed by atoms with E-state index in [1.807, 2.05) is 0 Å². The molecule has 0 radical (unpaired) electrons. The Morgan fingerprint density at radius 2 is 1.89 bits per heavy atom. The highest BCUT2D eigenvalue weighted by Crippen LogP contribution is 2.37. The zero-order valence-corrected chi connectivity index (χ0v) is 16.7. The van der Waals surface area contributed by atoms with Crippen LogP contribution in [-0.4, -0.2) is 28.1 Å². The summed E-state index contributed by atoms with van der Waals surface area (Å²) in [5, 5.41) is 11.0. The van der Waals surface area contributed by atoms with Crippen LogP contribution < -0.4 is 4.74 Å². The van der Waals surface area contributed by atoms with Gasteiger partial charge in [0, 0.05) is 12.1 Å². The smallest absolute Gasteiger partial charge is 0.293 e. The van der Waals surface area contributed by atoms with Crippen molar-refractivity contribution >= 4 is 57.9 Å². The maximum Gasteiger partial charge on any atom is 0.293 e. The lowest BCUT2D eigenvalue weighted by atomic mass is 10.1. The van der Waals surface area contributed by atoms with Crippen molar-refractivity contribution in [1.29, 1.82) is 0 Å². The summed E-state index contributed by atoms with van der Waals surface area (Å²) in [4.78, 5) is 36.5. The van der Waals surface area contributed by atoms with Crippen LogP contribution in [0.1, 0.15) is 11.1 Å². The highest BCUT2D eigenvalue weighted by molar-refractivity contribution is 8.18. The Morgan fingerprint density at radius 1 is 1.21 bits per heavy atom. The van der Waals surface area contributed by atoms with Crippen molar-refractivity contribution in [2.75, 3.05) is 7.11 Å². The molecule has 1 heterocycles. The number of hydrogen-bond acceptors (Lipinski definition) is 6. The van der Waals surface area contributed by atoms with Crippen LogP contribution in [0.5, 0.6) is 5.75 Å². The number of carbonyl (C=O) groups is 2. The van der Waals surface area contributed by atoms with Crippen LogP contribution >= 0.6 is 35.0 Å². The van der Waals surface area contributed by atoms with E-state index in [9.17, 15) is 19.7 Å². The summed E-state index contributed by atoms with van der Waals surface area (Å²) in [5.74, 6) is -0.177. The van der Waals surface area contributed by atoms with Crippen molar-refractivity contribution in [3.8, 4) is 5.75 Å². The third-order valence-corrected chi connectivity index (χ3v) is 5.33. The molecule has 0 unspecified atom stereocenters. The Kier molecular flexibility index (Phi) is 5.93. The molecule has 3 rings (SSSR count). The van der Waals surface area contributed by atoms with Gasteiger partial charge < -0.3 is 4.74 Å². The molecule has 1 aliphatic rings. The number of amides is 2. The van der Waals surface area contributed by atoms with E-state index in [1.165, 1.54) is 31.4 Å². The Bertz CT molecular complexity index is 1000. The molecule has 0 atom stereocenters. The minimum Gasteiger partial charge on any atom is -0.494 e. The van der Waals surface area contributed by atoms with E-state index in [0.29, 0.717) is 16.9 Å². The highest BCUT2D eigenvalue weighted by Gasteiger charge is 2.35. The molecule has 1 aliphatic heterocycles. The maximum atomic E-state index is 12.6. The fourth-order valence-corrected chi connectivity index (χ4v) is 4.09. The number of imide groups is 1. The number of nitro benzene ring substituents is 1. The van der Waals surface area contributed by atoms with Crippen LogP contribution in [0.15, 0.2) is 41.3 Å². The highest BCUT2D eigenvalue weighted by atomic mass is 35.5. The number of methoxy groups -OCH3 is 1. The van der Waals surface area contributed by atoms with Crippen LogP contribution in [0.4, 0.5) is 10.5 Å². The van der Waals surface area contributed by atoms with E-state index in [2.05, 4.69) is 0 Å². The zero-order valence-electron chi connectivity index (χ0n) is 14.3. The minimum atomic E-state index is -0.533. The van der Waals surface area contributed by atoms with Gasteiger partial charge in [-0.1, -0.05) is 35.3 Å². The van der Waals surface area contributed by atoms with Gasteiger partial charge in [0.25, 0.3) is 16.8 Å². The summed E-state index contributed by atoms with van der Waals surface area (Å²) in [6, 6.07) is 8.93. The number of thioether (sulfide) groups is 1. The summed E-state index contributed by atoms with van der Waals surface area (Å²) < 4.78 is 5.08. The van der Waals surface area contributed by atoms with Crippen molar-refractivity contribution < 1.29 is 19.2 Å². The number of hydrogen-bond donors (Lipinski definition) is 0. The summed E-state index contributed by atoms with van der Waals surface area (Å²) in [7, 11) is 1.44. The second-order valence-corrected chi connectivity index (χ2v) is 7.52. The van der Waals surface area contributed by atoms with Gasteiger partial charge >= 0.3 is 0 Å². The Balaban J connectivity index is 1.85. The molecule has 1 saturated heterocycles. The van der Waals surface area contributed by atoms with Crippen LogP contribution in [-0.2, 0) is 11.3 Å². The van der Waals surface area contributed by atoms with Crippen molar-refractivity contribution in [2.45, 2.75) is 6.54 Å². The number of halogens is 2. The molecular formula is C18H12Cl2N2O5S. The Hall–Kier alpha value is -2.55. The molecule has 2 aromatic carbocycles.